The molecule has 0 spiro atoms. The Hall–Kier alpha value is -4.27. The molecule has 0 amide bonds. The molecule has 0 atom stereocenters. The van der Waals surface area contributed by atoms with E-state index < -0.39 is 8.07 Å². The van der Waals surface area contributed by atoms with Crippen LogP contribution in [0, 0.1) is 6.92 Å². The van der Waals surface area contributed by atoms with Gasteiger partial charge in [0.2, 0.25) is 0 Å². The number of aromatic nitrogens is 5. The number of nitrogens with one attached hydrogen (secondary N) is 1. The van der Waals surface area contributed by atoms with Crippen LogP contribution in [0.3, 0.4) is 0 Å². The number of fused-ring (bicyclic) bond motifs is 2. The van der Waals surface area contributed by atoms with Crippen molar-refractivity contribution in [2.75, 3.05) is 6.61 Å². The molecular weight excluding hydrogens is 514 g/mol. The molecule has 6 rings (SSSR count). The van der Waals surface area contributed by atoms with Crippen molar-refractivity contribution in [2.24, 2.45) is 0 Å². The van der Waals surface area contributed by atoms with Crippen LogP contribution in [0.4, 0.5) is 0 Å². The van der Waals surface area contributed by atoms with E-state index in [9.17, 15) is 4.79 Å². The molecule has 0 saturated heterocycles. The van der Waals surface area contributed by atoms with Gasteiger partial charge in [0.25, 0.3) is 5.56 Å². The minimum Gasteiger partial charge on any atom is -0.361 e. The molecule has 8 heteroatoms. The van der Waals surface area contributed by atoms with Crippen LogP contribution < -0.4 is 5.56 Å². The Morgan fingerprint density at radius 2 is 1.75 bits per heavy atom. The second-order valence-corrected chi connectivity index (χ2v) is 17.1. The van der Waals surface area contributed by atoms with E-state index in [1.807, 2.05) is 72.3 Å². The molecule has 0 aliphatic rings. The molecule has 4 heterocycles. The molecule has 0 radical (unpaired) electrons. The van der Waals surface area contributed by atoms with Crippen molar-refractivity contribution in [3.8, 4) is 33.5 Å². The van der Waals surface area contributed by atoms with Crippen molar-refractivity contribution in [1.29, 1.82) is 0 Å². The smallest absolute Gasteiger partial charge is 0.280 e. The predicted molar refractivity (Wildman–Crippen MR) is 164 cm³/mol. The zero-order valence-electron chi connectivity index (χ0n) is 23.3. The van der Waals surface area contributed by atoms with E-state index in [-0.39, 0.29) is 5.56 Å². The number of ether oxygens (including phenoxy) is 1. The number of benzene rings is 2. The molecule has 0 aliphatic heterocycles. The fourth-order valence-electron chi connectivity index (χ4n) is 5.05. The number of H-pyrrole nitrogens is 1. The molecule has 1 N–H and O–H groups in total. The van der Waals surface area contributed by atoms with E-state index in [0.29, 0.717) is 23.6 Å². The summed E-state index contributed by atoms with van der Waals surface area (Å²) in [6.07, 6.45) is 5.84. The number of hydrogen-bond donors (Lipinski definition) is 1. The summed E-state index contributed by atoms with van der Waals surface area (Å²) in [4.78, 5) is 23.4. The third-order valence-electron chi connectivity index (χ3n) is 7.19. The zero-order valence-corrected chi connectivity index (χ0v) is 24.3. The SMILES string of the molecule is Cc1nc2c(-c3ccccc3)c(-c3ccn(COCC[Si](C)(C)C)c3)[nH]n2c(=O)c1-c1ccc2ncccc2c1. The van der Waals surface area contributed by atoms with Gasteiger partial charge in [-0.25, -0.2) is 4.98 Å². The van der Waals surface area contributed by atoms with Gasteiger partial charge in [0, 0.05) is 44.2 Å². The molecule has 4 aromatic heterocycles. The molecular formula is C32H33N5O2Si. The highest BCUT2D eigenvalue weighted by molar-refractivity contribution is 6.76. The van der Waals surface area contributed by atoms with Gasteiger partial charge in [-0.3, -0.25) is 14.9 Å². The number of aromatic amines is 1. The number of hydrogen-bond acceptors (Lipinski definition) is 4. The quantitative estimate of drug-likeness (QED) is 0.164. The standard InChI is InChI=1S/C32H33N5O2Si/c1-22-28(25-12-13-27-24(19-25)11-8-15-33-27)32(38)37-31(34-22)29(23-9-6-5-7-10-23)30(35-37)26-14-16-36(20-26)21-39-17-18-40(2,3)4/h5-16,19-20,35H,17-18,21H2,1-4H3. The Balaban J connectivity index is 1.45. The Kier molecular flexibility index (Phi) is 6.73. The van der Waals surface area contributed by atoms with Gasteiger partial charge in [-0.05, 0) is 48.4 Å². The lowest BCUT2D eigenvalue weighted by molar-refractivity contribution is 0.0875. The van der Waals surface area contributed by atoms with Crippen LogP contribution in [-0.4, -0.2) is 38.8 Å². The first kappa shape index (κ1) is 26.0. The summed E-state index contributed by atoms with van der Waals surface area (Å²) >= 11 is 0. The van der Waals surface area contributed by atoms with Crippen LogP contribution >= 0.6 is 0 Å². The minimum absolute atomic E-state index is 0.136. The van der Waals surface area contributed by atoms with E-state index in [4.69, 9.17) is 9.72 Å². The first-order chi connectivity index (χ1) is 19.3. The van der Waals surface area contributed by atoms with Crippen LogP contribution in [-0.2, 0) is 11.5 Å². The van der Waals surface area contributed by atoms with Crippen LogP contribution in [0.5, 0.6) is 0 Å². The second-order valence-electron chi connectivity index (χ2n) is 11.4. The highest BCUT2D eigenvalue weighted by atomic mass is 28.3. The lowest BCUT2D eigenvalue weighted by Crippen LogP contribution is -2.21. The molecule has 0 bridgehead atoms. The largest absolute Gasteiger partial charge is 0.361 e. The fraction of sp³-hybridized carbons (Fsp3) is 0.219. The maximum atomic E-state index is 14.0. The number of aryl methyl sites for hydroxylation is 1. The van der Waals surface area contributed by atoms with E-state index in [0.717, 1.165) is 51.5 Å². The van der Waals surface area contributed by atoms with Crippen molar-refractivity contribution in [3.05, 3.63) is 101 Å². The van der Waals surface area contributed by atoms with Gasteiger partial charge in [-0.1, -0.05) is 62.1 Å². The molecule has 40 heavy (non-hydrogen) atoms. The minimum atomic E-state index is -1.14. The Bertz CT molecular complexity index is 1880. The molecule has 202 valence electrons. The zero-order chi connectivity index (χ0) is 27.9. The second kappa shape index (κ2) is 10.4. The van der Waals surface area contributed by atoms with Crippen LogP contribution in [0.25, 0.3) is 50.1 Å². The predicted octanol–water partition coefficient (Wildman–Crippen LogP) is 6.99. The van der Waals surface area contributed by atoms with E-state index in [1.54, 1.807) is 10.7 Å². The molecule has 6 aromatic rings. The van der Waals surface area contributed by atoms with E-state index in [1.165, 1.54) is 0 Å². The monoisotopic (exact) mass is 547 g/mol. The third kappa shape index (κ3) is 5.03. The summed E-state index contributed by atoms with van der Waals surface area (Å²) in [5.41, 5.74) is 7.14. The summed E-state index contributed by atoms with van der Waals surface area (Å²) in [6.45, 7) is 10.2. The topological polar surface area (TPSA) is 77.2 Å². The lowest BCUT2D eigenvalue weighted by atomic mass is 10.0. The van der Waals surface area contributed by atoms with Gasteiger partial charge in [-0.2, -0.15) is 4.52 Å². The Morgan fingerprint density at radius 1 is 0.925 bits per heavy atom. The van der Waals surface area contributed by atoms with E-state index in [2.05, 4.69) is 48.1 Å². The van der Waals surface area contributed by atoms with E-state index >= 15 is 0 Å². The Labute approximate surface area is 234 Å². The van der Waals surface area contributed by atoms with Crippen molar-refractivity contribution >= 4 is 24.6 Å². The van der Waals surface area contributed by atoms with Crippen molar-refractivity contribution in [3.63, 3.8) is 0 Å². The average Bonchev–Trinajstić information content (AvgIpc) is 3.56. The number of pyridine rings is 1. The summed E-state index contributed by atoms with van der Waals surface area (Å²) in [5, 5.41) is 4.38. The van der Waals surface area contributed by atoms with Gasteiger partial charge >= 0.3 is 0 Å². The molecule has 0 fully saturated rings. The average molecular weight is 548 g/mol. The summed E-state index contributed by atoms with van der Waals surface area (Å²) in [5.74, 6) is 0. The number of rotatable bonds is 8. The van der Waals surface area contributed by atoms with Crippen molar-refractivity contribution in [2.45, 2.75) is 39.3 Å². The summed E-state index contributed by atoms with van der Waals surface area (Å²) in [7, 11) is -1.14. The highest BCUT2D eigenvalue weighted by Crippen LogP contribution is 2.35. The maximum Gasteiger partial charge on any atom is 0.280 e. The highest BCUT2D eigenvalue weighted by Gasteiger charge is 2.22. The van der Waals surface area contributed by atoms with Gasteiger partial charge in [0.15, 0.2) is 5.65 Å². The molecule has 0 aliphatic carbocycles. The van der Waals surface area contributed by atoms with Gasteiger partial charge < -0.3 is 9.30 Å². The molecule has 0 unspecified atom stereocenters. The summed E-state index contributed by atoms with van der Waals surface area (Å²) in [6, 6.07) is 23.1. The number of nitrogens with zero attached hydrogens (tertiary/aromatic N) is 4. The summed E-state index contributed by atoms with van der Waals surface area (Å²) < 4.78 is 9.58. The first-order valence-electron chi connectivity index (χ1n) is 13.6. The molecule has 2 aromatic carbocycles. The Morgan fingerprint density at radius 3 is 2.55 bits per heavy atom. The third-order valence-corrected chi connectivity index (χ3v) is 8.90. The van der Waals surface area contributed by atoms with Gasteiger partial charge in [0.05, 0.1) is 28.0 Å². The molecule has 0 saturated carbocycles. The first-order valence-corrected chi connectivity index (χ1v) is 17.3. The normalized spacial score (nSPS) is 12.0. The fourth-order valence-corrected chi connectivity index (χ4v) is 5.80. The lowest BCUT2D eigenvalue weighted by Gasteiger charge is -2.15. The van der Waals surface area contributed by atoms with Crippen LogP contribution in [0.1, 0.15) is 5.69 Å². The maximum absolute atomic E-state index is 14.0. The molecule has 7 nitrogen and oxygen atoms in total. The van der Waals surface area contributed by atoms with Gasteiger partial charge in [0.1, 0.15) is 6.73 Å². The van der Waals surface area contributed by atoms with Crippen LogP contribution in [0.2, 0.25) is 25.7 Å². The van der Waals surface area contributed by atoms with Crippen molar-refractivity contribution in [1.82, 2.24) is 24.1 Å². The van der Waals surface area contributed by atoms with Crippen molar-refractivity contribution < 1.29 is 4.74 Å². The van der Waals surface area contributed by atoms with Crippen LogP contribution in [0.15, 0.2) is 90.1 Å². The van der Waals surface area contributed by atoms with Gasteiger partial charge in [-0.15, -0.1) is 0 Å².